The minimum absolute atomic E-state index is 0. The number of hydrogen-bond acceptors (Lipinski definition) is 3. The highest BCUT2D eigenvalue weighted by Gasteiger charge is 2.09. The molecule has 4 rings (SSSR count). The van der Waals surface area contributed by atoms with E-state index in [1.165, 1.54) is 0 Å². The first-order valence-corrected chi connectivity index (χ1v) is 9.89. The molecule has 8 heteroatoms. The Bertz CT molecular complexity index is 1100. The largest absolute Gasteiger partial charge is 0.352 e. The van der Waals surface area contributed by atoms with E-state index in [-0.39, 0.29) is 30.0 Å². The average molecular weight is 527 g/mol. The van der Waals surface area contributed by atoms with Crippen molar-refractivity contribution in [2.24, 2.45) is 4.99 Å². The zero-order chi connectivity index (χ0) is 20.8. The summed E-state index contributed by atoms with van der Waals surface area (Å²) in [5.41, 5.74) is 4.38. The third-order valence-electron chi connectivity index (χ3n) is 4.86. The van der Waals surface area contributed by atoms with Crippen LogP contribution >= 0.6 is 24.0 Å². The van der Waals surface area contributed by atoms with Crippen molar-refractivity contribution < 1.29 is 0 Å². The smallest absolute Gasteiger partial charge is 0.191 e. The summed E-state index contributed by atoms with van der Waals surface area (Å²) in [7, 11) is 1.78. The molecule has 1 unspecified atom stereocenters. The van der Waals surface area contributed by atoms with Crippen LogP contribution in [0, 0.1) is 0 Å². The quantitative estimate of drug-likeness (QED) is 0.225. The number of aliphatic imine (C=N–C) groups is 1. The van der Waals surface area contributed by atoms with Crippen LogP contribution in [0.25, 0.3) is 11.4 Å². The Hall–Kier alpha value is -3.14. The van der Waals surface area contributed by atoms with Gasteiger partial charge in [0.05, 0.1) is 17.4 Å². The lowest BCUT2D eigenvalue weighted by molar-refractivity contribution is 0.684. The molecule has 2 N–H and O–H groups in total. The van der Waals surface area contributed by atoms with Gasteiger partial charge in [-0.1, -0.05) is 24.3 Å². The Balaban J connectivity index is 0.00000272. The van der Waals surface area contributed by atoms with Crippen LogP contribution in [-0.2, 0) is 6.54 Å². The molecular weight excluding hydrogens is 501 g/mol. The van der Waals surface area contributed by atoms with E-state index in [9.17, 15) is 0 Å². The lowest BCUT2D eigenvalue weighted by Gasteiger charge is -2.19. The van der Waals surface area contributed by atoms with E-state index in [4.69, 9.17) is 0 Å². The maximum Gasteiger partial charge on any atom is 0.191 e. The highest BCUT2D eigenvalue weighted by atomic mass is 127. The highest BCUT2D eigenvalue weighted by molar-refractivity contribution is 14.0. The van der Waals surface area contributed by atoms with Gasteiger partial charge in [-0.2, -0.15) is 10.2 Å². The zero-order valence-electron chi connectivity index (χ0n) is 17.5. The molecule has 0 saturated heterocycles. The molecule has 0 amide bonds. The Labute approximate surface area is 199 Å². The number of hydrogen-bond donors (Lipinski definition) is 2. The van der Waals surface area contributed by atoms with Gasteiger partial charge in [-0.3, -0.25) is 4.99 Å². The van der Waals surface area contributed by atoms with Gasteiger partial charge in [0.25, 0.3) is 0 Å². The predicted octanol–water partition coefficient (Wildman–Crippen LogP) is 4.10. The van der Waals surface area contributed by atoms with E-state index < -0.39 is 0 Å². The Morgan fingerprint density at radius 3 is 2.19 bits per heavy atom. The maximum absolute atomic E-state index is 4.37. The number of benzene rings is 2. The molecule has 0 aliphatic rings. The Kier molecular flexibility index (Phi) is 7.82. The molecule has 1 atom stereocenters. The van der Waals surface area contributed by atoms with E-state index in [1.807, 2.05) is 58.2 Å². The number of rotatable bonds is 6. The monoisotopic (exact) mass is 527 g/mol. The van der Waals surface area contributed by atoms with Crippen LogP contribution in [0.15, 0.2) is 90.4 Å². The summed E-state index contributed by atoms with van der Waals surface area (Å²) in [4.78, 5) is 4.37. The Morgan fingerprint density at radius 2 is 1.58 bits per heavy atom. The van der Waals surface area contributed by atoms with Crippen LogP contribution in [0.3, 0.4) is 0 Å². The molecule has 0 aliphatic carbocycles. The van der Waals surface area contributed by atoms with Crippen molar-refractivity contribution in [1.29, 1.82) is 0 Å². The number of nitrogens with zero attached hydrogens (tertiary/aromatic N) is 5. The molecule has 0 bridgehead atoms. The number of nitrogens with one attached hydrogen (secondary N) is 2. The van der Waals surface area contributed by atoms with Crippen molar-refractivity contribution in [3.63, 3.8) is 0 Å². The van der Waals surface area contributed by atoms with Crippen molar-refractivity contribution >= 4 is 29.9 Å². The number of aromatic nitrogens is 4. The lowest BCUT2D eigenvalue weighted by Crippen LogP contribution is -2.38. The second-order valence-electron chi connectivity index (χ2n) is 6.96. The summed E-state index contributed by atoms with van der Waals surface area (Å²) in [5, 5.41) is 15.5. The van der Waals surface area contributed by atoms with Crippen LogP contribution in [0.4, 0.5) is 0 Å². The predicted molar refractivity (Wildman–Crippen MR) is 134 cm³/mol. The van der Waals surface area contributed by atoms with Gasteiger partial charge in [0.15, 0.2) is 5.96 Å². The van der Waals surface area contributed by atoms with Crippen LogP contribution < -0.4 is 10.6 Å². The molecule has 2 aromatic heterocycles. The topological polar surface area (TPSA) is 72.1 Å². The van der Waals surface area contributed by atoms with E-state index >= 15 is 0 Å². The minimum atomic E-state index is 0. The fourth-order valence-corrected chi connectivity index (χ4v) is 3.26. The minimum Gasteiger partial charge on any atom is -0.352 e. The molecule has 0 radical (unpaired) electrons. The molecule has 2 aromatic carbocycles. The van der Waals surface area contributed by atoms with E-state index in [2.05, 4.69) is 57.0 Å². The fraction of sp³-hybridized carbons (Fsp3) is 0.174. The second-order valence-corrected chi connectivity index (χ2v) is 6.96. The van der Waals surface area contributed by atoms with Gasteiger partial charge in [0, 0.05) is 38.4 Å². The van der Waals surface area contributed by atoms with Crippen molar-refractivity contribution in [3.05, 3.63) is 96.6 Å². The van der Waals surface area contributed by atoms with Gasteiger partial charge in [0.2, 0.25) is 0 Å². The summed E-state index contributed by atoms with van der Waals surface area (Å²) < 4.78 is 3.71. The molecule has 4 aromatic rings. The summed E-state index contributed by atoms with van der Waals surface area (Å²) in [6.45, 7) is 2.78. The highest BCUT2D eigenvalue weighted by Crippen LogP contribution is 2.16. The van der Waals surface area contributed by atoms with Crippen LogP contribution in [0.5, 0.6) is 0 Å². The Morgan fingerprint density at radius 1 is 0.935 bits per heavy atom. The average Bonchev–Trinajstić information content (AvgIpc) is 3.51. The number of guanidine groups is 1. The van der Waals surface area contributed by atoms with Crippen LogP contribution in [0.1, 0.15) is 24.1 Å². The first-order chi connectivity index (χ1) is 14.7. The van der Waals surface area contributed by atoms with Gasteiger partial charge in [-0.05, 0) is 54.4 Å². The second kappa shape index (κ2) is 10.8. The molecule has 2 heterocycles. The van der Waals surface area contributed by atoms with Gasteiger partial charge in [-0.25, -0.2) is 9.36 Å². The maximum atomic E-state index is 4.37. The van der Waals surface area contributed by atoms with Gasteiger partial charge in [-0.15, -0.1) is 24.0 Å². The van der Waals surface area contributed by atoms with E-state index in [0.29, 0.717) is 6.54 Å². The molecule has 0 saturated carbocycles. The summed E-state index contributed by atoms with van der Waals surface area (Å²) in [6.07, 6.45) is 7.43. The first-order valence-electron chi connectivity index (χ1n) is 9.89. The molecule has 0 spiro atoms. The molecular formula is C23H26IN7. The molecule has 31 heavy (non-hydrogen) atoms. The summed E-state index contributed by atoms with van der Waals surface area (Å²) in [5.74, 6) is 0.747. The molecule has 0 aliphatic heterocycles. The molecule has 160 valence electrons. The molecule has 7 nitrogen and oxygen atoms in total. The summed E-state index contributed by atoms with van der Waals surface area (Å²) >= 11 is 0. The zero-order valence-corrected chi connectivity index (χ0v) is 19.8. The van der Waals surface area contributed by atoms with Crippen molar-refractivity contribution in [2.75, 3.05) is 7.05 Å². The van der Waals surface area contributed by atoms with Gasteiger partial charge >= 0.3 is 0 Å². The standard InChI is InChI=1S/C23H25N7.HI/c1-18(20-8-4-10-22(16-20)30-14-6-12-27-30)28-23(24-2)25-17-19-7-3-9-21(15-19)29-13-5-11-26-29;/h3-16,18H,17H2,1-2H3,(H2,24,25,28);1H. The fourth-order valence-electron chi connectivity index (χ4n) is 3.26. The van der Waals surface area contributed by atoms with Gasteiger partial charge in [0.1, 0.15) is 0 Å². The van der Waals surface area contributed by atoms with E-state index in [0.717, 1.165) is 28.5 Å². The third kappa shape index (κ3) is 5.72. The van der Waals surface area contributed by atoms with Crippen molar-refractivity contribution in [1.82, 2.24) is 30.2 Å². The first kappa shape index (κ1) is 22.5. The molecule has 0 fully saturated rings. The van der Waals surface area contributed by atoms with Crippen molar-refractivity contribution in [2.45, 2.75) is 19.5 Å². The van der Waals surface area contributed by atoms with Crippen LogP contribution in [0.2, 0.25) is 0 Å². The normalized spacial score (nSPS) is 12.1. The third-order valence-corrected chi connectivity index (χ3v) is 4.86. The van der Waals surface area contributed by atoms with Crippen LogP contribution in [-0.4, -0.2) is 32.6 Å². The lowest BCUT2D eigenvalue weighted by atomic mass is 10.1. The van der Waals surface area contributed by atoms with Gasteiger partial charge < -0.3 is 10.6 Å². The number of halogens is 1. The SMILES string of the molecule is CN=C(NCc1cccc(-n2cccn2)c1)NC(C)c1cccc(-n2cccn2)c1.I. The van der Waals surface area contributed by atoms with E-state index in [1.54, 1.807) is 19.4 Å². The van der Waals surface area contributed by atoms with Crippen molar-refractivity contribution in [3.8, 4) is 11.4 Å². The summed E-state index contributed by atoms with van der Waals surface area (Å²) in [6, 6.07) is 20.5.